The number of hydrogen-bond acceptors (Lipinski definition) is 5. The van der Waals surface area contributed by atoms with Gasteiger partial charge in [0, 0.05) is 37.3 Å². The van der Waals surface area contributed by atoms with Crippen molar-refractivity contribution < 1.29 is 45.7 Å². The van der Waals surface area contributed by atoms with Crippen molar-refractivity contribution >= 4 is 17.0 Å². The summed E-state index contributed by atoms with van der Waals surface area (Å²) >= 11 is 0. The molecule has 5 aromatic rings. The summed E-state index contributed by atoms with van der Waals surface area (Å²) in [5.41, 5.74) is -0.555. The molecule has 5 rings (SSSR count). The molecule has 3 aromatic carbocycles. The molecule has 0 spiro atoms. The van der Waals surface area contributed by atoms with E-state index in [4.69, 9.17) is 9.47 Å². The van der Waals surface area contributed by atoms with Crippen molar-refractivity contribution in [3.05, 3.63) is 112 Å². The van der Waals surface area contributed by atoms with E-state index in [1.165, 1.54) is 44.4 Å². The predicted molar refractivity (Wildman–Crippen MR) is 151 cm³/mol. The van der Waals surface area contributed by atoms with Gasteiger partial charge in [0.2, 0.25) is 5.88 Å². The topological polar surface area (TPSA) is 86.5 Å². The highest BCUT2D eigenvalue weighted by atomic mass is 19.4. The van der Waals surface area contributed by atoms with E-state index in [1.807, 2.05) is 0 Å². The third-order valence-electron chi connectivity index (χ3n) is 7.15. The van der Waals surface area contributed by atoms with Crippen LogP contribution in [0.5, 0.6) is 5.88 Å². The summed E-state index contributed by atoms with van der Waals surface area (Å²) in [6.07, 6.45) is -4.82. The van der Waals surface area contributed by atoms with Gasteiger partial charge >= 0.3 is 12.1 Å². The Balaban J connectivity index is 1.39. The van der Waals surface area contributed by atoms with Crippen LogP contribution in [0.25, 0.3) is 22.3 Å². The van der Waals surface area contributed by atoms with Crippen molar-refractivity contribution in [3.8, 4) is 17.1 Å². The number of aryl methyl sites for hydroxylation is 1. The Morgan fingerprint density at radius 2 is 1.69 bits per heavy atom. The quantitative estimate of drug-likeness (QED) is 0.163. The molecule has 2 heterocycles. The maximum absolute atomic E-state index is 15.4. The number of alkyl halides is 3. The highest BCUT2D eigenvalue weighted by Gasteiger charge is 2.33. The minimum Gasteiger partial charge on any atom is -0.478 e. The lowest BCUT2D eigenvalue weighted by molar-refractivity contribution is -0.138. The first kappa shape index (κ1) is 31.5. The van der Waals surface area contributed by atoms with Gasteiger partial charge in [-0.15, -0.1) is 0 Å². The Morgan fingerprint density at radius 3 is 2.40 bits per heavy atom. The van der Waals surface area contributed by atoms with Crippen LogP contribution in [0.4, 0.5) is 26.3 Å². The van der Waals surface area contributed by atoms with Crippen LogP contribution in [0.15, 0.2) is 60.7 Å². The molecule has 0 saturated heterocycles. The number of benzene rings is 3. The van der Waals surface area contributed by atoms with Gasteiger partial charge in [0.05, 0.1) is 34.5 Å². The number of ether oxygens (including phenoxy) is 2. The lowest BCUT2D eigenvalue weighted by Gasteiger charge is -2.14. The van der Waals surface area contributed by atoms with E-state index in [0.29, 0.717) is 29.5 Å². The molecule has 0 atom stereocenters. The molecule has 0 aliphatic rings. The number of carboxylic acids is 1. The molecule has 7 nitrogen and oxygen atoms in total. The molecule has 0 radical (unpaired) electrons. The summed E-state index contributed by atoms with van der Waals surface area (Å²) in [6.45, 7) is 1.31. The summed E-state index contributed by atoms with van der Waals surface area (Å²) in [5, 5.41) is 9.39. The second kappa shape index (κ2) is 12.6. The number of fused-ring (bicyclic) bond motifs is 1. The molecule has 0 unspecified atom stereocenters. The maximum atomic E-state index is 15.4. The first-order valence-electron chi connectivity index (χ1n) is 13.5. The van der Waals surface area contributed by atoms with E-state index < -0.39 is 41.8 Å². The van der Waals surface area contributed by atoms with Gasteiger partial charge in [0.15, 0.2) is 0 Å². The Morgan fingerprint density at radius 1 is 0.933 bits per heavy atom. The molecular weight excluding hydrogens is 604 g/mol. The van der Waals surface area contributed by atoms with Crippen molar-refractivity contribution in [1.29, 1.82) is 0 Å². The zero-order valence-corrected chi connectivity index (χ0v) is 23.9. The molecule has 45 heavy (non-hydrogen) atoms. The van der Waals surface area contributed by atoms with E-state index in [1.54, 1.807) is 10.6 Å². The first-order chi connectivity index (χ1) is 21.3. The predicted octanol–water partition coefficient (Wildman–Crippen LogP) is 7.36. The van der Waals surface area contributed by atoms with Gasteiger partial charge in [-0.25, -0.2) is 27.9 Å². The lowest BCUT2D eigenvalue weighted by Crippen LogP contribution is -2.10. The summed E-state index contributed by atoms with van der Waals surface area (Å²) < 4.78 is 96.7. The van der Waals surface area contributed by atoms with E-state index in [0.717, 1.165) is 18.2 Å². The second-order valence-corrected chi connectivity index (χ2v) is 10.2. The number of halogens is 6. The summed E-state index contributed by atoms with van der Waals surface area (Å²) in [7, 11) is 1.50. The number of aromatic carboxylic acids is 1. The fraction of sp³-hybridized carbons (Fsp3) is 0.219. The molecule has 1 N–H and O–H groups in total. The van der Waals surface area contributed by atoms with Gasteiger partial charge in [-0.1, -0.05) is 6.07 Å². The minimum absolute atomic E-state index is 0.00746. The van der Waals surface area contributed by atoms with Gasteiger partial charge < -0.3 is 19.1 Å². The van der Waals surface area contributed by atoms with Gasteiger partial charge in [0.1, 0.15) is 29.9 Å². The number of methoxy groups -OCH3 is 1. The number of aromatic nitrogens is 3. The zero-order valence-electron chi connectivity index (χ0n) is 23.9. The van der Waals surface area contributed by atoms with Crippen LogP contribution < -0.4 is 4.74 Å². The van der Waals surface area contributed by atoms with E-state index >= 15 is 8.78 Å². The number of nitrogens with zero attached hydrogens (tertiary/aromatic N) is 3. The molecule has 0 amide bonds. The SMILES string of the molecule is COCCn1c(Cc2cc(F)c(-c3cccc(OCc4cc(C)c(C(F)(F)F)cc4F)n3)cc2F)nc2ccc(C(=O)O)cc21. The van der Waals surface area contributed by atoms with Gasteiger partial charge in [-0.2, -0.15) is 13.2 Å². The Labute approximate surface area is 252 Å². The molecule has 0 aliphatic heterocycles. The number of hydrogen-bond donors (Lipinski definition) is 1. The van der Waals surface area contributed by atoms with Gasteiger partial charge in [-0.05, 0) is 66.6 Å². The van der Waals surface area contributed by atoms with Gasteiger partial charge in [0.25, 0.3) is 0 Å². The molecule has 0 aliphatic carbocycles. The second-order valence-electron chi connectivity index (χ2n) is 10.2. The molecule has 0 fully saturated rings. The number of rotatable bonds is 10. The lowest BCUT2D eigenvalue weighted by atomic mass is 10.0. The third-order valence-corrected chi connectivity index (χ3v) is 7.15. The number of pyridine rings is 1. The summed E-state index contributed by atoms with van der Waals surface area (Å²) in [6, 6.07) is 12.1. The Bertz CT molecular complexity index is 1900. The van der Waals surface area contributed by atoms with Crippen LogP contribution in [0, 0.1) is 24.4 Å². The molecular formula is C32H25F6N3O4. The average molecular weight is 630 g/mol. The molecule has 2 aromatic heterocycles. The maximum Gasteiger partial charge on any atom is 0.416 e. The molecule has 13 heteroatoms. The van der Waals surface area contributed by atoms with Gasteiger partial charge in [-0.3, -0.25) is 0 Å². The monoisotopic (exact) mass is 629 g/mol. The number of imidazole rings is 1. The highest BCUT2D eigenvalue weighted by molar-refractivity contribution is 5.92. The fourth-order valence-electron chi connectivity index (χ4n) is 4.92. The fourth-order valence-corrected chi connectivity index (χ4v) is 4.92. The zero-order chi connectivity index (χ0) is 32.5. The third kappa shape index (κ3) is 6.78. The highest BCUT2D eigenvalue weighted by Crippen LogP contribution is 2.34. The van der Waals surface area contributed by atoms with Crippen LogP contribution >= 0.6 is 0 Å². The van der Waals surface area contributed by atoms with Crippen LogP contribution in [0.3, 0.4) is 0 Å². The van der Waals surface area contributed by atoms with Crippen molar-refractivity contribution in [3.63, 3.8) is 0 Å². The first-order valence-corrected chi connectivity index (χ1v) is 13.5. The Kier molecular flexibility index (Phi) is 8.82. The molecule has 0 saturated carbocycles. The number of carboxylic acid groups (broad SMARTS) is 1. The van der Waals surface area contributed by atoms with Crippen molar-refractivity contribution in [2.45, 2.75) is 32.7 Å². The van der Waals surface area contributed by atoms with Crippen molar-refractivity contribution in [2.75, 3.05) is 13.7 Å². The summed E-state index contributed by atoms with van der Waals surface area (Å²) in [5.74, 6) is -3.49. The largest absolute Gasteiger partial charge is 0.478 e. The van der Waals surface area contributed by atoms with Crippen molar-refractivity contribution in [1.82, 2.24) is 14.5 Å². The molecule has 234 valence electrons. The van der Waals surface area contributed by atoms with Crippen LogP contribution in [-0.4, -0.2) is 39.3 Å². The number of carbonyl (C=O) groups is 1. The Hall–Kier alpha value is -4.91. The molecule has 0 bridgehead atoms. The van der Waals surface area contributed by atoms with E-state index in [9.17, 15) is 27.5 Å². The van der Waals surface area contributed by atoms with Crippen molar-refractivity contribution in [2.24, 2.45) is 0 Å². The van der Waals surface area contributed by atoms with E-state index in [-0.39, 0.29) is 52.4 Å². The minimum atomic E-state index is -4.71. The normalized spacial score (nSPS) is 11.7. The van der Waals surface area contributed by atoms with Crippen LogP contribution in [0.2, 0.25) is 0 Å². The average Bonchev–Trinajstić information content (AvgIpc) is 3.33. The smallest absolute Gasteiger partial charge is 0.416 e. The van der Waals surface area contributed by atoms with Crippen LogP contribution in [-0.2, 0) is 30.5 Å². The van der Waals surface area contributed by atoms with Crippen LogP contribution in [0.1, 0.15) is 38.4 Å². The standard InChI is InChI=1S/C32H25F6N3O4/c1-17-10-20(24(34)15-22(17)32(36,37)38)16-45-30-5-3-4-26(40-30)21-14-23(33)19(11-25(21)35)13-29-39-27-7-6-18(31(42)43)12-28(27)41(29)8-9-44-2/h3-7,10-12,14-15H,8-9,13,16H2,1-2H3,(H,42,43). The van der Waals surface area contributed by atoms with E-state index in [2.05, 4.69) is 9.97 Å². The summed E-state index contributed by atoms with van der Waals surface area (Å²) in [4.78, 5) is 20.2.